The van der Waals surface area contributed by atoms with Crippen molar-refractivity contribution < 1.29 is 14.3 Å². The molecule has 2 aromatic rings. The zero-order valence-electron chi connectivity index (χ0n) is 14.6. The van der Waals surface area contributed by atoms with Crippen LogP contribution in [0.4, 0.5) is 0 Å². The van der Waals surface area contributed by atoms with Crippen LogP contribution in [0.3, 0.4) is 0 Å². The zero-order chi connectivity index (χ0) is 17.5. The van der Waals surface area contributed by atoms with Crippen molar-refractivity contribution in [1.82, 2.24) is 9.88 Å². The molecule has 0 unspecified atom stereocenters. The van der Waals surface area contributed by atoms with Gasteiger partial charge < -0.3 is 14.4 Å². The standard InChI is InChI=1S/C20H24N2O3/c1-16-6-5-7-18(21-16)12-17-13-22(10-11-24-14-17)20(23)15-25-19-8-3-2-4-9-19/h2-9,17H,10-15H2,1H3/t17-/m0/s1. The quantitative estimate of drug-likeness (QED) is 0.839. The van der Waals surface area contributed by atoms with Crippen LogP contribution in [0, 0.1) is 12.8 Å². The summed E-state index contributed by atoms with van der Waals surface area (Å²) in [6.45, 7) is 4.54. The van der Waals surface area contributed by atoms with Gasteiger partial charge >= 0.3 is 0 Å². The number of nitrogens with zero attached hydrogens (tertiary/aromatic N) is 2. The number of amides is 1. The summed E-state index contributed by atoms with van der Waals surface area (Å²) in [5.74, 6) is 0.955. The van der Waals surface area contributed by atoms with Crippen LogP contribution in [0.15, 0.2) is 48.5 Å². The highest BCUT2D eigenvalue weighted by Gasteiger charge is 2.23. The predicted molar refractivity (Wildman–Crippen MR) is 95.5 cm³/mol. The van der Waals surface area contributed by atoms with Crippen molar-refractivity contribution in [3.63, 3.8) is 0 Å². The molecule has 1 atom stereocenters. The third kappa shape index (κ3) is 5.29. The van der Waals surface area contributed by atoms with E-state index in [4.69, 9.17) is 9.47 Å². The van der Waals surface area contributed by atoms with Crippen LogP contribution in [0.25, 0.3) is 0 Å². The van der Waals surface area contributed by atoms with Crippen LogP contribution in [0.2, 0.25) is 0 Å². The number of carbonyl (C=O) groups excluding carboxylic acids is 1. The molecule has 1 saturated heterocycles. The zero-order valence-corrected chi connectivity index (χ0v) is 14.6. The molecule has 1 aliphatic heterocycles. The van der Waals surface area contributed by atoms with E-state index in [2.05, 4.69) is 4.98 Å². The summed E-state index contributed by atoms with van der Waals surface area (Å²) in [6.07, 6.45) is 0.811. The van der Waals surface area contributed by atoms with Crippen molar-refractivity contribution in [2.75, 3.05) is 32.9 Å². The Kier molecular flexibility index (Phi) is 6.01. The lowest BCUT2D eigenvalue weighted by atomic mass is 10.0. The number of hydrogen-bond donors (Lipinski definition) is 0. The van der Waals surface area contributed by atoms with Crippen LogP contribution in [0.1, 0.15) is 11.4 Å². The lowest BCUT2D eigenvalue weighted by Crippen LogP contribution is -2.39. The van der Waals surface area contributed by atoms with E-state index in [1.165, 1.54) is 0 Å². The van der Waals surface area contributed by atoms with E-state index in [9.17, 15) is 4.79 Å². The number of aromatic nitrogens is 1. The molecule has 1 aromatic carbocycles. The average Bonchev–Trinajstić information content (AvgIpc) is 2.86. The Bertz CT molecular complexity index is 690. The fraction of sp³-hybridized carbons (Fsp3) is 0.400. The number of benzene rings is 1. The fourth-order valence-electron chi connectivity index (χ4n) is 2.99. The van der Waals surface area contributed by atoms with Gasteiger partial charge in [0.25, 0.3) is 5.91 Å². The lowest BCUT2D eigenvalue weighted by Gasteiger charge is -2.23. The first-order chi connectivity index (χ1) is 12.2. The van der Waals surface area contributed by atoms with E-state index in [1.807, 2.05) is 60.4 Å². The fourth-order valence-corrected chi connectivity index (χ4v) is 2.99. The Balaban J connectivity index is 1.56. The topological polar surface area (TPSA) is 51.7 Å². The van der Waals surface area contributed by atoms with Crippen LogP contribution in [-0.4, -0.2) is 48.7 Å². The van der Waals surface area contributed by atoms with Gasteiger partial charge in [0.2, 0.25) is 0 Å². The molecule has 0 radical (unpaired) electrons. The Labute approximate surface area is 148 Å². The van der Waals surface area contributed by atoms with Crippen molar-refractivity contribution in [2.24, 2.45) is 5.92 Å². The van der Waals surface area contributed by atoms with E-state index in [-0.39, 0.29) is 18.4 Å². The molecule has 1 aliphatic rings. The van der Waals surface area contributed by atoms with E-state index in [1.54, 1.807) is 0 Å². The van der Waals surface area contributed by atoms with Crippen molar-refractivity contribution in [3.05, 3.63) is 59.9 Å². The average molecular weight is 340 g/mol. The molecule has 5 nitrogen and oxygen atoms in total. The van der Waals surface area contributed by atoms with Crippen LogP contribution < -0.4 is 4.74 Å². The lowest BCUT2D eigenvalue weighted by molar-refractivity contribution is -0.133. The first-order valence-corrected chi connectivity index (χ1v) is 8.66. The van der Waals surface area contributed by atoms with E-state index < -0.39 is 0 Å². The van der Waals surface area contributed by atoms with Gasteiger partial charge in [-0.25, -0.2) is 0 Å². The van der Waals surface area contributed by atoms with Crippen molar-refractivity contribution in [3.8, 4) is 5.75 Å². The smallest absolute Gasteiger partial charge is 0.260 e. The predicted octanol–water partition coefficient (Wildman–Crippen LogP) is 2.49. The Hall–Kier alpha value is -2.40. The maximum atomic E-state index is 12.5. The highest BCUT2D eigenvalue weighted by Crippen LogP contribution is 2.14. The van der Waals surface area contributed by atoms with Gasteiger partial charge in [-0.2, -0.15) is 0 Å². The highest BCUT2D eigenvalue weighted by atomic mass is 16.5. The first-order valence-electron chi connectivity index (χ1n) is 8.66. The summed E-state index contributed by atoms with van der Waals surface area (Å²) >= 11 is 0. The molecule has 1 amide bonds. The summed E-state index contributed by atoms with van der Waals surface area (Å²) < 4.78 is 11.3. The number of rotatable bonds is 5. The van der Waals surface area contributed by atoms with Gasteiger partial charge in [0.1, 0.15) is 5.75 Å². The van der Waals surface area contributed by atoms with Gasteiger partial charge in [0.05, 0.1) is 13.2 Å². The second-order valence-corrected chi connectivity index (χ2v) is 6.36. The number of para-hydroxylation sites is 1. The molecule has 132 valence electrons. The minimum absolute atomic E-state index is 0.00319. The molecule has 25 heavy (non-hydrogen) atoms. The molecule has 2 heterocycles. The van der Waals surface area contributed by atoms with Gasteiger partial charge in [-0.1, -0.05) is 24.3 Å². The Morgan fingerprint density at radius 3 is 2.88 bits per heavy atom. The van der Waals surface area contributed by atoms with Crippen LogP contribution in [-0.2, 0) is 16.0 Å². The van der Waals surface area contributed by atoms with Gasteiger partial charge in [-0.05, 0) is 37.6 Å². The number of ether oxygens (including phenoxy) is 2. The molecular formula is C20H24N2O3. The van der Waals surface area contributed by atoms with Crippen LogP contribution in [0.5, 0.6) is 5.75 Å². The molecule has 3 rings (SSSR count). The number of hydrogen-bond acceptors (Lipinski definition) is 4. The third-order valence-electron chi connectivity index (χ3n) is 4.24. The van der Waals surface area contributed by atoms with Gasteiger partial charge in [0.15, 0.2) is 6.61 Å². The second kappa shape index (κ2) is 8.62. The Morgan fingerprint density at radius 2 is 2.08 bits per heavy atom. The van der Waals surface area contributed by atoms with Gasteiger partial charge in [-0.15, -0.1) is 0 Å². The maximum Gasteiger partial charge on any atom is 0.260 e. The molecule has 1 fully saturated rings. The van der Waals surface area contributed by atoms with Crippen LogP contribution >= 0.6 is 0 Å². The minimum Gasteiger partial charge on any atom is -0.484 e. The summed E-state index contributed by atoms with van der Waals surface area (Å²) in [5.41, 5.74) is 2.06. The Morgan fingerprint density at radius 1 is 1.24 bits per heavy atom. The van der Waals surface area contributed by atoms with Crippen molar-refractivity contribution >= 4 is 5.91 Å². The van der Waals surface area contributed by atoms with E-state index >= 15 is 0 Å². The summed E-state index contributed by atoms with van der Waals surface area (Å²) in [4.78, 5) is 18.9. The normalized spacial score (nSPS) is 17.8. The number of carbonyl (C=O) groups is 1. The largest absolute Gasteiger partial charge is 0.484 e. The monoisotopic (exact) mass is 340 g/mol. The van der Waals surface area contributed by atoms with Crippen molar-refractivity contribution in [2.45, 2.75) is 13.3 Å². The summed E-state index contributed by atoms with van der Waals surface area (Å²) in [6, 6.07) is 15.5. The van der Waals surface area contributed by atoms with Crippen molar-refractivity contribution in [1.29, 1.82) is 0 Å². The molecule has 0 saturated carbocycles. The van der Waals surface area contributed by atoms with E-state index in [0.717, 1.165) is 17.8 Å². The van der Waals surface area contributed by atoms with Gasteiger partial charge in [0, 0.05) is 30.4 Å². The van der Waals surface area contributed by atoms with Gasteiger partial charge in [-0.3, -0.25) is 9.78 Å². The molecule has 0 aliphatic carbocycles. The number of pyridine rings is 1. The SMILES string of the molecule is Cc1cccc(C[C@@H]2COCCN(C(=O)COc3ccccc3)C2)n1. The molecular weight excluding hydrogens is 316 g/mol. The first kappa shape index (κ1) is 17.4. The van der Waals surface area contributed by atoms with E-state index in [0.29, 0.717) is 32.1 Å². The maximum absolute atomic E-state index is 12.5. The highest BCUT2D eigenvalue weighted by molar-refractivity contribution is 5.77. The molecule has 1 aromatic heterocycles. The number of aryl methyl sites for hydroxylation is 1. The second-order valence-electron chi connectivity index (χ2n) is 6.36. The molecule has 0 N–H and O–H groups in total. The molecule has 0 spiro atoms. The molecule has 5 heteroatoms. The third-order valence-corrected chi connectivity index (χ3v) is 4.24. The molecule has 0 bridgehead atoms. The minimum atomic E-state index is -0.00319. The summed E-state index contributed by atoms with van der Waals surface area (Å²) in [5, 5.41) is 0. The summed E-state index contributed by atoms with van der Waals surface area (Å²) in [7, 11) is 0.